The van der Waals surface area contributed by atoms with E-state index in [1.165, 1.54) is 15.4 Å². The zero-order chi connectivity index (χ0) is 12.4. The van der Waals surface area contributed by atoms with Gasteiger partial charge in [-0.05, 0) is 42.4 Å². The van der Waals surface area contributed by atoms with Gasteiger partial charge in [-0.2, -0.15) is 0 Å². The number of nitrogens with one attached hydrogen (secondary N) is 1. The maximum absolute atomic E-state index is 4.73. The predicted octanol–water partition coefficient (Wildman–Crippen LogP) is 4.15. The van der Waals surface area contributed by atoms with Gasteiger partial charge in [0.1, 0.15) is 5.01 Å². The predicted molar refractivity (Wildman–Crippen MR) is 79.2 cm³/mol. The average Bonchev–Trinajstić information content (AvgIpc) is 2.87. The molecule has 92 valence electrons. The maximum Gasteiger partial charge on any atom is 0.115 e. The molecule has 17 heavy (non-hydrogen) atoms. The van der Waals surface area contributed by atoms with Crippen molar-refractivity contribution in [3.05, 3.63) is 36.4 Å². The molecule has 0 aliphatic rings. The van der Waals surface area contributed by atoms with Crippen molar-refractivity contribution in [3.8, 4) is 0 Å². The van der Waals surface area contributed by atoms with Crippen LogP contribution in [0.2, 0.25) is 0 Å². The minimum absolute atomic E-state index is 0.218. The molecular formula is C12H15BrN2S2. The summed E-state index contributed by atoms with van der Waals surface area (Å²) in [5, 5.41) is 6.63. The Hall–Kier alpha value is -0.230. The monoisotopic (exact) mass is 330 g/mol. The molecule has 2 rings (SSSR count). The fourth-order valence-electron chi connectivity index (χ4n) is 1.77. The molecular weight excluding hydrogens is 316 g/mol. The number of aromatic nitrogens is 1. The molecule has 2 heterocycles. The number of hydrogen-bond acceptors (Lipinski definition) is 4. The highest BCUT2D eigenvalue weighted by atomic mass is 79.9. The summed E-state index contributed by atoms with van der Waals surface area (Å²) in [4.78, 5) is 7.37. The Morgan fingerprint density at radius 1 is 1.53 bits per heavy atom. The standard InChI is InChI=1S/C12H15BrN2S2/c1-4-9-7(2)17-12(15-9)11(14-3)10-5-8(13)6-16-10/h5-6,11,14H,4H2,1-3H3. The second kappa shape index (κ2) is 5.61. The van der Waals surface area contributed by atoms with Gasteiger partial charge in [-0.25, -0.2) is 4.98 Å². The van der Waals surface area contributed by atoms with Crippen molar-refractivity contribution in [2.24, 2.45) is 0 Å². The van der Waals surface area contributed by atoms with E-state index in [-0.39, 0.29) is 6.04 Å². The Morgan fingerprint density at radius 2 is 2.29 bits per heavy atom. The van der Waals surface area contributed by atoms with Gasteiger partial charge in [0.05, 0.1) is 11.7 Å². The van der Waals surface area contributed by atoms with Crippen molar-refractivity contribution in [1.29, 1.82) is 0 Å². The van der Waals surface area contributed by atoms with Gasteiger partial charge in [0.15, 0.2) is 0 Å². The Morgan fingerprint density at radius 3 is 2.76 bits per heavy atom. The van der Waals surface area contributed by atoms with Crippen LogP contribution >= 0.6 is 38.6 Å². The number of hydrogen-bond donors (Lipinski definition) is 1. The van der Waals surface area contributed by atoms with Crippen molar-refractivity contribution >= 4 is 38.6 Å². The zero-order valence-corrected chi connectivity index (χ0v) is 13.3. The Kier molecular flexibility index (Phi) is 4.36. The molecule has 1 N–H and O–H groups in total. The maximum atomic E-state index is 4.73. The summed E-state index contributed by atoms with van der Waals surface area (Å²) >= 11 is 7.05. The summed E-state index contributed by atoms with van der Waals surface area (Å²) in [6.45, 7) is 4.30. The van der Waals surface area contributed by atoms with Crippen molar-refractivity contribution in [3.63, 3.8) is 0 Å². The molecule has 1 atom stereocenters. The average molecular weight is 331 g/mol. The lowest BCUT2D eigenvalue weighted by molar-refractivity contribution is 0.695. The van der Waals surface area contributed by atoms with Crippen LogP contribution in [0.1, 0.15) is 33.4 Å². The lowest BCUT2D eigenvalue weighted by Crippen LogP contribution is -2.16. The van der Waals surface area contributed by atoms with Gasteiger partial charge in [-0.3, -0.25) is 0 Å². The third kappa shape index (κ3) is 2.78. The Labute approximate surface area is 118 Å². The molecule has 0 saturated carbocycles. The van der Waals surface area contributed by atoms with Crippen LogP contribution in [0.5, 0.6) is 0 Å². The van der Waals surface area contributed by atoms with Gasteiger partial charge in [0.2, 0.25) is 0 Å². The van der Waals surface area contributed by atoms with Gasteiger partial charge in [0, 0.05) is 19.6 Å². The summed E-state index contributed by atoms with van der Waals surface area (Å²) in [6.07, 6.45) is 1.01. The molecule has 2 aromatic rings. The third-order valence-electron chi connectivity index (χ3n) is 2.65. The summed E-state index contributed by atoms with van der Waals surface area (Å²) in [6, 6.07) is 2.38. The van der Waals surface area contributed by atoms with Crippen LogP contribution in [0.25, 0.3) is 0 Å². The summed E-state index contributed by atoms with van der Waals surface area (Å²) in [5.41, 5.74) is 1.22. The lowest BCUT2D eigenvalue weighted by Gasteiger charge is -2.10. The second-order valence-corrected chi connectivity index (χ2v) is 6.89. The first-order valence-electron chi connectivity index (χ1n) is 5.53. The minimum Gasteiger partial charge on any atom is -0.307 e. The van der Waals surface area contributed by atoms with Gasteiger partial charge in [-0.15, -0.1) is 22.7 Å². The lowest BCUT2D eigenvalue weighted by atomic mass is 10.2. The van der Waals surface area contributed by atoms with E-state index in [4.69, 9.17) is 4.98 Å². The van der Waals surface area contributed by atoms with Crippen LogP contribution in [0.4, 0.5) is 0 Å². The molecule has 0 amide bonds. The number of thiazole rings is 1. The van der Waals surface area contributed by atoms with E-state index in [1.54, 1.807) is 22.7 Å². The fourth-order valence-corrected chi connectivity index (χ4v) is 4.54. The third-order valence-corrected chi connectivity index (χ3v) is 5.49. The highest BCUT2D eigenvalue weighted by molar-refractivity contribution is 9.10. The molecule has 0 aliphatic heterocycles. The van der Waals surface area contributed by atoms with Crippen LogP contribution in [-0.2, 0) is 6.42 Å². The molecule has 0 aromatic carbocycles. The fraction of sp³-hybridized carbons (Fsp3) is 0.417. The SMILES string of the molecule is CCc1nc(C(NC)c2cc(Br)cs2)sc1C. The van der Waals surface area contributed by atoms with Gasteiger partial charge >= 0.3 is 0 Å². The normalized spacial score (nSPS) is 12.9. The molecule has 0 fully saturated rings. The van der Waals surface area contributed by atoms with Gasteiger partial charge in [-0.1, -0.05) is 6.92 Å². The van der Waals surface area contributed by atoms with Crippen LogP contribution in [-0.4, -0.2) is 12.0 Å². The number of halogens is 1. The van der Waals surface area contributed by atoms with E-state index in [2.05, 4.69) is 46.5 Å². The molecule has 0 aliphatic carbocycles. The largest absolute Gasteiger partial charge is 0.307 e. The topological polar surface area (TPSA) is 24.9 Å². The summed E-state index contributed by atoms with van der Waals surface area (Å²) in [7, 11) is 1.99. The highest BCUT2D eigenvalue weighted by Crippen LogP contribution is 2.32. The van der Waals surface area contributed by atoms with E-state index in [0.717, 1.165) is 15.9 Å². The molecule has 2 nitrogen and oxygen atoms in total. The first-order chi connectivity index (χ1) is 8.15. The molecule has 2 aromatic heterocycles. The smallest absolute Gasteiger partial charge is 0.115 e. The van der Waals surface area contributed by atoms with Gasteiger partial charge < -0.3 is 5.32 Å². The number of aryl methyl sites for hydroxylation is 2. The molecule has 5 heteroatoms. The highest BCUT2D eigenvalue weighted by Gasteiger charge is 2.19. The van der Waals surface area contributed by atoms with Crippen LogP contribution in [0.3, 0.4) is 0 Å². The number of rotatable bonds is 4. The van der Waals surface area contributed by atoms with Crippen LogP contribution in [0.15, 0.2) is 15.9 Å². The van der Waals surface area contributed by atoms with E-state index in [0.29, 0.717) is 0 Å². The van der Waals surface area contributed by atoms with Gasteiger partial charge in [0.25, 0.3) is 0 Å². The van der Waals surface area contributed by atoms with Crippen LogP contribution in [0, 0.1) is 6.92 Å². The van der Waals surface area contributed by atoms with Crippen molar-refractivity contribution < 1.29 is 0 Å². The molecule has 0 radical (unpaired) electrons. The molecule has 0 saturated heterocycles. The number of thiophene rings is 1. The Bertz CT molecular complexity index is 504. The Balaban J connectivity index is 2.34. The first-order valence-corrected chi connectivity index (χ1v) is 8.02. The summed E-state index contributed by atoms with van der Waals surface area (Å²) < 4.78 is 1.14. The minimum atomic E-state index is 0.218. The van der Waals surface area contributed by atoms with E-state index in [1.807, 2.05) is 7.05 Å². The quantitative estimate of drug-likeness (QED) is 0.910. The van der Waals surface area contributed by atoms with Crippen molar-refractivity contribution in [2.45, 2.75) is 26.3 Å². The summed E-state index contributed by atoms with van der Waals surface area (Å²) in [5.74, 6) is 0. The van der Waals surface area contributed by atoms with Crippen molar-refractivity contribution in [1.82, 2.24) is 10.3 Å². The van der Waals surface area contributed by atoms with Crippen molar-refractivity contribution in [2.75, 3.05) is 7.05 Å². The first kappa shape index (κ1) is 13.2. The number of nitrogens with zero attached hydrogens (tertiary/aromatic N) is 1. The van der Waals surface area contributed by atoms with E-state index >= 15 is 0 Å². The van der Waals surface area contributed by atoms with Crippen LogP contribution < -0.4 is 5.32 Å². The molecule has 0 bridgehead atoms. The second-order valence-electron chi connectivity index (χ2n) is 3.80. The van der Waals surface area contributed by atoms with E-state index in [9.17, 15) is 0 Å². The molecule has 1 unspecified atom stereocenters. The van der Waals surface area contributed by atoms with E-state index < -0.39 is 0 Å². The molecule has 0 spiro atoms. The zero-order valence-electron chi connectivity index (χ0n) is 10.1.